The SMILES string of the molecule is COc1nc(NCC2CCN(CC(F)(F)F)C2)nc(N2CCCCCC2)n1. The normalized spacial score (nSPS) is 21.9. The summed E-state index contributed by atoms with van der Waals surface area (Å²) in [5.74, 6) is 1.14. The third-order valence-corrected chi connectivity index (χ3v) is 5.00. The lowest BCUT2D eigenvalue weighted by molar-refractivity contribution is -0.143. The Bertz CT molecular complexity index is 607. The minimum atomic E-state index is -4.15. The summed E-state index contributed by atoms with van der Waals surface area (Å²) < 4.78 is 42.7. The Hall–Kier alpha value is -1.84. The van der Waals surface area contributed by atoms with Crippen LogP contribution in [0.3, 0.4) is 0 Å². The highest BCUT2D eigenvalue weighted by molar-refractivity contribution is 5.38. The third kappa shape index (κ3) is 6.08. The Kier molecular flexibility index (Phi) is 6.56. The van der Waals surface area contributed by atoms with Gasteiger partial charge in [0, 0.05) is 26.2 Å². The predicted octanol–water partition coefficient (Wildman–Crippen LogP) is 2.56. The van der Waals surface area contributed by atoms with E-state index in [-0.39, 0.29) is 11.9 Å². The number of alkyl halides is 3. The first kappa shape index (κ1) is 19.9. The monoisotopic (exact) mass is 388 g/mol. The minimum absolute atomic E-state index is 0.136. The second-order valence-corrected chi connectivity index (χ2v) is 7.23. The zero-order valence-electron chi connectivity index (χ0n) is 15.6. The fourth-order valence-electron chi connectivity index (χ4n) is 3.64. The molecule has 0 aliphatic carbocycles. The quantitative estimate of drug-likeness (QED) is 0.803. The zero-order chi connectivity index (χ0) is 19.3. The number of rotatable bonds is 6. The number of nitrogens with zero attached hydrogens (tertiary/aromatic N) is 5. The summed E-state index contributed by atoms with van der Waals surface area (Å²) in [6.07, 6.45) is 1.21. The van der Waals surface area contributed by atoms with E-state index in [1.165, 1.54) is 24.9 Å². The van der Waals surface area contributed by atoms with Crippen molar-refractivity contribution in [2.24, 2.45) is 5.92 Å². The van der Waals surface area contributed by atoms with Crippen LogP contribution in [0, 0.1) is 5.92 Å². The topological polar surface area (TPSA) is 66.4 Å². The van der Waals surface area contributed by atoms with Crippen LogP contribution in [0.2, 0.25) is 0 Å². The van der Waals surface area contributed by atoms with Gasteiger partial charge in [-0.25, -0.2) is 0 Å². The number of hydrogen-bond donors (Lipinski definition) is 1. The molecule has 1 N–H and O–H groups in total. The molecular formula is C17H27F3N6O. The van der Waals surface area contributed by atoms with Crippen LogP contribution in [0.25, 0.3) is 0 Å². The lowest BCUT2D eigenvalue weighted by Crippen LogP contribution is -2.33. The number of ether oxygens (including phenoxy) is 1. The lowest BCUT2D eigenvalue weighted by Gasteiger charge is -2.21. The molecule has 3 rings (SSSR count). The summed E-state index contributed by atoms with van der Waals surface area (Å²) in [6.45, 7) is 2.38. The number of halogens is 3. The van der Waals surface area contributed by atoms with Gasteiger partial charge in [0.1, 0.15) is 0 Å². The molecule has 0 amide bonds. The zero-order valence-corrected chi connectivity index (χ0v) is 15.6. The number of likely N-dealkylation sites (tertiary alicyclic amines) is 1. The van der Waals surface area contributed by atoms with E-state index in [4.69, 9.17) is 4.74 Å². The van der Waals surface area contributed by atoms with Crippen molar-refractivity contribution in [2.45, 2.75) is 38.3 Å². The van der Waals surface area contributed by atoms with Crippen LogP contribution >= 0.6 is 0 Å². The molecule has 2 aliphatic heterocycles. The molecule has 27 heavy (non-hydrogen) atoms. The first-order valence-corrected chi connectivity index (χ1v) is 9.51. The van der Waals surface area contributed by atoms with Gasteiger partial charge in [0.15, 0.2) is 0 Å². The first-order chi connectivity index (χ1) is 12.9. The Morgan fingerprint density at radius 3 is 2.48 bits per heavy atom. The number of nitrogens with one attached hydrogen (secondary N) is 1. The Morgan fingerprint density at radius 2 is 1.81 bits per heavy atom. The third-order valence-electron chi connectivity index (χ3n) is 5.00. The van der Waals surface area contributed by atoms with Gasteiger partial charge < -0.3 is 15.0 Å². The molecule has 1 aromatic heterocycles. The second kappa shape index (κ2) is 8.90. The molecule has 2 saturated heterocycles. The summed E-state index contributed by atoms with van der Waals surface area (Å²) >= 11 is 0. The van der Waals surface area contributed by atoms with Crippen LogP contribution in [0.1, 0.15) is 32.1 Å². The van der Waals surface area contributed by atoms with Crippen LogP contribution in [0.4, 0.5) is 25.1 Å². The van der Waals surface area contributed by atoms with Crippen molar-refractivity contribution in [1.82, 2.24) is 19.9 Å². The standard InChI is InChI=1S/C17H27F3N6O/c1-27-16-23-14(22-15(24-16)26-7-4-2-3-5-8-26)21-10-13-6-9-25(11-13)12-17(18,19)20/h13H,2-12H2,1H3,(H,21,22,23,24). The molecule has 152 valence electrons. The summed E-state index contributed by atoms with van der Waals surface area (Å²) in [7, 11) is 1.51. The lowest BCUT2D eigenvalue weighted by atomic mass is 10.1. The Labute approximate surface area is 157 Å². The van der Waals surface area contributed by atoms with E-state index in [0.717, 1.165) is 32.4 Å². The van der Waals surface area contributed by atoms with Crippen molar-refractivity contribution in [2.75, 3.05) is 56.6 Å². The minimum Gasteiger partial charge on any atom is -0.467 e. The van der Waals surface area contributed by atoms with Crippen molar-refractivity contribution in [1.29, 1.82) is 0 Å². The van der Waals surface area contributed by atoms with Gasteiger partial charge in [0.05, 0.1) is 13.7 Å². The smallest absolute Gasteiger partial charge is 0.401 e. The summed E-state index contributed by atoms with van der Waals surface area (Å²) in [5.41, 5.74) is 0. The highest BCUT2D eigenvalue weighted by atomic mass is 19.4. The van der Waals surface area contributed by atoms with Crippen molar-refractivity contribution in [3.8, 4) is 6.01 Å². The van der Waals surface area contributed by atoms with Crippen LogP contribution in [-0.4, -0.2) is 72.4 Å². The average Bonchev–Trinajstić information content (AvgIpc) is 2.89. The molecule has 0 radical (unpaired) electrons. The summed E-state index contributed by atoms with van der Waals surface area (Å²) in [5, 5.41) is 3.16. The first-order valence-electron chi connectivity index (χ1n) is 9.51. The number of methoxy groups -OCH3 is 1. The molecular weight excluding hydrogens is 361 g/mol. The van der Waals surface area contributed by atoms with Gasteiger partial charge in [-0.1, -0.05) is 12.8 Å². The average molecular weight is 388 g/mol. The maximum absolute atomic E-state index is 12.5. The fourth-order valence-corrected chi connectivity index (χ4v) is 3.64. The van der Waals surface area contributed by atoms with Gasteiger partial charge in [0.2, 0.25) is 11.9 Å². The fraction of sp³-hybridized carbons (Fsp3) is 0.824. The van der Waals surface area contributed by atoms with Crippen LogP contribution < -0.4 is 15.0 Å². The number of anilines is 2. The Balaban J connectivity index is 1.59. The molecule has 3 heterocycles. The van der Waals surface area contributed by atoms with E-state index in [0.29, 0.717) is 31.5 Å². The molecule has 7 nitrogen and oxygen atoms in total. The van der Waals surface area contributed by atoms with E-state index in [2.05, 4.69) is 25.2 Å². The van der Waals surface area contributed by atoms with E-state index >= 15 is 0 Å². The van der Waals surface area contributed by atoms with Crippen molar-refractivity contribution in [3.63, 3.8) is 0 Å². The van der Waals surface area contributed by atoms with Gasteiger partial charge in [-0.3, -0.25) is 4.90 Å². The van der Waals surface area contributed by atoms with Crippen molar-refractivity contribution < 1.29 is 17.9 Å². The molecule has 1 unspecified atom stereocenters. The van der Waals surface area contributed by atoms with Crippen LogP contribution in [-0.2, 0) is 0 Å². The molecule has 0 aromatic carbocycles. The van der Waals surface area contributed by atoms with Crippen molar-refractivity contribution >= 4 is 11.9 Å². The van der Waals surface area contributed by atoms with E-state index in [1.807, 2.05) is 0 Å². The molecule has 1 atom stereocenters. The largest absolute Gasteiger partial charge is 0.467 e. The van der Waals surface area contributed by atoms with E-state index in [9.17, 15) is 13.2 Å². The molecule has 0 bridgehead atoms. The highest BCUT2D eigenvalue weighted by Crippen LogP contribution is 2.23. The van der Waals surface area contributed by atoms with Crippen LogP contribution in [0.5, 0.6) is 6.01 Å². The molecule has 10 heteroatoms. The highest BCUT2D eigenvalue weighted by Gasteiger charge is 2.34. The van der Waals surface area contributed by atoms with Crippen LogP contribution in [0.15, 0.2) is 0 Å². The Morgan fingerprint density at radius 1 is 1.07 bits per heavy atom. The number of aromatic nitrogens is 3. The maximum Gasteiger partial charge on any atom is 0.401 e. The van der Waals surface area contributed by atoms with Gasteiger partial charge in [-0.05, 0) is 31.7 Å². The van der Waals surface area contributed by atoms with Gasteiger partial charge in [0.25, 0.3) is 0 Å². The summed E-state index contributed by atoms with van der Waals surface area (Å²) in [4.78, 5) is 16.7. The second-order valence-electron chi connectivity index (χ2n) is 7.23. The maximum atomic E-state index is 12.5. The van der Waals surface area contributed by atoms with E-state index in [1.54, 1.807) is 0 Å². The van der Waals surface area contributed by atoms with Crippen molar-refractivity contribution in [3.05, 3.63) is 0 Å². The van der Waals surface area contributed by atoms with Gasteiger partial charge >= 0.3 is 12.2 Å². The number of hydrogen-bond acceptors (Lipinski definition) is 7. The molecule has 2 aliphatic rings. The molecule has 1 aromatic rings. The predicted molar refractivity (Wildman–Crippen MR) is 96.2 cm³/mol. The molecule has 0 spiro atoms. The van der Waals surface area contributed by atoms with E-state index < -0.39 is 12.7 Å². The summed E-state index contributed by atoms with van der Waals surface area (Å²) in [6, 6.07) is 0.247. The van der Waals surface area contributed by atoms with Gasteiger partial charge in [-0.15, -0.1) is 0 Å². The molecule has 2 fully saturated rings. The molecule has 0 saturated carbocycles. The van der Waals surface area contributed by atoms with Gasteiger partial charge in [-0.2, -0.15) is 28.1 Å².